The molecule has 1 aromatic carbocycles. The van der Waals surface area contributed by atoms with Crippen molar-refractivity contribution in [2.45, 2.75) is 44.9 Å². The molecule has 0 spiro atoms. The van der Waals surface area contributed by atoms with Gasteiger partial charge in [0.2, 0.25) is 0 Å². The van der Waals surface area contributed by atoms with Crippen LogP contribution in [0.15, 0.2) is 24.3 Å². The number of benzene rings is 1. The van der Waals surface area contributed by atoms with Crippen molar-refractivity contribution in [3.05, 3.63) is 41.5 Å². The van der Waals surface area contributed by atoms with Gasteiger partial charge in [0.1, 0.15) is 5.60 Å². The second-order valence-electron chi connectivity index (χ2n) is 7.14. The zero-order valence-electron chi connectivity index (χ0n) is 14.0. The minimum Gasteiger partial charge on any atom is -0.444 e. The van der Waals surface area contributed by atoms with Crippen LogP contribution in [0.5, 0.6) is 0 Å². The number of nitrogens with zero attached hydrogens (tertiary/aromatic N) is 1. The van der Waals surface area contributed by atoms with Gasteiger partial charge in [-0.2, -0.15) is 0 Å². The predicted molar refractivity (Wildman–Crippen MR) is 85.4 cm³/mol. The largest absolute Gasteiger partial charge is 0.444 e. The Hall–Kier alpha value is -1.95. The van der Waals surface area contributed by atoms with Gasteiger partial charge < -0.3 is 9.47 Å². The van der Waals surface area contributed by atoms with Gasteiger partial charge in [0.25, 0.3) is 0 Å². The summed E-state index contributed by atoms with van der Waals surface area (Å²) in [5.41, 5.74) is 0.353. The van der Waals surface area contributed by atoms with E-state index in [1.54, 1.807) is 17.0 Å². The average Bonchev–Trinajstić information content (AvgIpc) is 2.47. The summed E-state index contributed by atoms with van der Waals surface area (Å²) < 4.78 is 38.6. The lowest BCUT2D eigenvalue weighted by atomic mass is 9.90. The van der Waals surface area contributed by atoms with Crippen molar-refractivity contribution in [2.24, 2.45) is 0 Å². The molecule has 2 aliphatic heterocycles. The van der Waals surface area contributed by atoms with Crippen molar-refractivity contribution in [1.82, 2.24) is 4.90 Å². The van der Waals surface area contributed by atoms with Gasteiger partial charge in [0.15, 0.2) is 11.6 Å². The number of hydrogen-bond acceptors (Lipinski definition) is 3. The number of morpholine rings is 1. The Morgan fingerprint density at radius 1 is 1.29 bits per heavy atom. The molecule has 24 heavy (non-hydrogen) atoms. The van der Waals surface area contributed by atoms with Gasteiger partial charge in [-0.05, 0) is 38.8 Å². The fraction of sp³-hybridized carbons (Fsp3) is 0.500. The Morgan fingerprint density at radius 2 is 2.04 bits per heavy atom. The molecule has 6 heteroatoms. The maximum Gasteiger partial charge on any atom is 0.411 e. The second-order valence-corrected chi connectivity index (χ2v) is 7.14. The fourth-order valence-corrected chi connectivity index (χ4v) is 3.15. The highest BCUT2D eigenvalue weighted by Gasteiger charge is 2.40. The van der Waals surface area contributed by atoms with Gasteiger partial charge in [-0.3, -0.25) is 4.90 Å². The Bertz CT molecular complexity index is 681. The second kappa shape index (κ2) is 6.16. The van der Waals surface area contributed by atoms with Crippen LogP contribution >= 0.6 is 0 Å². The van der Waals surface area contributed by atoms with Crippen molar-refractivity contribution in [3.8, 4) is 0 Å². The number of rotatable bonds is 1. The van der Waals surface area contributed by atoms with E-state index in [0.29, 0.717) is 25.2 Å². The van der Waals surface area contributed by atoms with Crippen LogP contribution in [0.1, 0.15) is 32.8 Å². The van der Waals surface area contributed by atoms with E-state index in [1.165, 1.54) is 6.07 Å². The molecule has 0 N–H and O–H groups in total. The van der Waals surface area contributed by atoms with Crippen LogP contribution in [0.4, 0.5) is 13.6 Å². The molecule has 0 saturated carbocycles. The van der Waals surface area contributed by atoms with E-state index < -0.39 is 23.3 Å². The first kappa shape index (κ1) is 16.9. The first-order valence-electron chi connectivity index (χ1n) is 8.00. The summed E-state index contributed by atoms with van der Waals surface area (Å²) in [5.74, 6) is -1.72. The van der Waals surface area contributed by atoms with Gasteiger partial charge >= 0.3 is 6.09 Å². The Morgan fingerprint density at radius 3 is 2.71 bits per heavy atom. The van der Waals surface area contributed by atoms with Crippen molar-refractivity contribution in [1.29, 1.82) is 0 Å². The monoisotopic (exact) mass is 337 g/mol. The number of carbonyl (C=O) groups is 1. The van der Waals surface area contributed by atoms with Gasteiger partial charge in [-0.1, -0.05) is 18.2 Å². The Labute approximate surface area is 140 Å². The first-order valence-corrected chi connectivity index (χ1v) is 8.00. The summed E-state index contributed by atoms with van der Waals surface area (Å²) >= 11 is 0. The Balaban J connectivity index is 1.90. The summed E-state index contributed by atoms with van der Waals surface area (Å²) in [6.07, 6.45) is 1.77. The van der Waals surface area contributed by atoms with E-state index in [9.17, 15) is 13.6 Å². The van der Waals surface area contributed by atoms with Crippen LogP contribution in [0.3, 0.4) is 0 Å². The third kappa shape index (κ3) is 3.29. The smallest absolute Gasteiger partial charge is 0.411 e. The molecule has 1 amide bonds. The van der Waals surface area contributed by atoms with Gasteiger partial charge in [0, 0.05) is 5.56 Å². The van der Waals surface area contributed by atoms with Gasteiger partial charge in [0.05, 0.1) is 25.3 Å². The molecule has 2 aliphatic rings. The molecular formula is C18H21F2NO3. The number of carbonyl (C=O) groups excluding carboxylic acids is 1. The molecule has 2 heterocycles. The summed E-state index contributed by atoms with van der Waals surface area (Å²) in [6.45, 7) is 6.10. The number of ether oxygens (including phenoxy) is 2. The molecule has 1 aromatic rings. The third-order valence-corrected chi connectivity index (χ3v) is 4.10. The standard InChI is InChI=1S/C18H21F2NO3/c1-18(2,3)24-17(22)21-12-7-11(8-13(21)10-23-9-12)14-5-4-6-15(19)16(14)20/h4-7,12-13H,8-10H2,1-3H3. The summed E-state index contributed by atoms with van der Waals surface area (Å²) in [6, 6.07) is 3.55. The summed E-state index contributed by atoms with van der Waals surface area (Å²) in [5, 5.41) is 0. The van der Waals surface area contributed by atoms with Crippen LogP contribution in [-0.2, 0) is 9.47 Å². The zero-order chi connectivity index (χ0) is 17.5. The molecule has 130 valence electrons. The predicted octanol–water partition coefficient (Wildman–Crippen LogP) is 3.76. The molecule has 3 rings (SSSR count). The lowest BCUT2D eigenvalue weighted by Gasteiger charge is -2.44. The van der Waals surface area contributed by atoms with Crippen molar-refractivity contribution in [3.63, 3.8) is 0 Å². The summed E-state index contributed by atoms with van der Waals surface area (Å²) in [7, 11) is 0. The molecule has 1 saturated heterocycles. The van der Waals surface area contributed by atoms with E-state index in [4.69, 9.17) is 9.47 Å². The molecule has 2 unspecified atom stereocenters. The van der Waals surface area contributed by atoms with Crippen LogP contribution in [0, 0.1) is 11.6 Å². The SMILES string of the molecule is CC(C)(C)OC(=O)N1C2C=C(c3cccc(F)c3F)CC1COC2. The molecule has 0 aromatic heterocycles. The summed E-state index contributed by atoms with van der Waals surface area (Å²) in [4.78, 5) is 14.1. The van der Waals surface area contributed by atoms with Crippen molar-refractivity contribution >= 4 is 11.7 Å². The van der Waals surface area contributed by atoms with Crippen LogP contribution in [0.25, 0.3) is 5.57 Å². The van der Waals surface area contributed by atoms with E-state index in [2.05, 4.69) is 0 Å². The molecular weight excluding hydrogens is 316 g/mol. The molecule has 2 bridgehead atoms. The number of hydrogen-bond donors (Lipinski definition) is 0. The minimum absolute atomic E-state index is 0.246. The van der Waals surface area contributed by atoms with Crippen molar-refractivity contribution < 1.29 is 23.0 Å². The van der Waals surface area contributed by atoms with Crippen LogP contribution in [-0.4, -0.2) is 41.9 Å². The van der Waals surface area contributed by atoms with Gasteiger partial charge in [-0.15, -0.1) is 0 Å². The lowest BCUT2D eigenvalue weighted by Crippen LogP contribution is -2.57. The van der Waals surface area contributed by atoms with E-state index in [-0.39, 0.29) is 17.6 Å². The number of amides is 1. The molecule has 4 nitrogen and oxygen atoms in total. The van der Waals surface area contributed by atoms with E-state index in [1.807, 2.05) is 20.8 Å². The molecule has 2 atom stereocenters. The maximum absolute atomic E-state index is 14.1. The molecule has 0 radical (unpaired) electrons. The van der Waals surface area contributed by atoms with Crippen LogP contribution < -0.4 is 0 Å². The minimum atomic E-state index is -0.871. The number of halogens is 2. The zero-order valence-corrected chi connectivity index (χ0v) is 14.0. The lowest BCUT2D eigenvalue weighted by molar-refractivity contribution is -0.0510. The van der Waals surface area contributed by atoms with E-state index in [0.717, 1.165) is 6.07 Å². The maximum atomic E-state index is 14.1. The van der Waals surface area contributed by atoms with E-state index >= 15 is 0 Å². The average molecular weight is 337 g/mol. The highest BCUT2D eigenvalue weighted by molar-refractivity contribution is 5.75. The van der Waals surface area contributed by atoms with Gasteiger partial charge in [-0.25, -0.2) is 13.6 Å². The highest BCUT2D eigenvalue weighted by Crippen LogP contribution is 2.34. The van der Waals surface area contributed by atoms with Crippen molar-refractivity contribution in [2.75, 3.05) is 13.2 Å². The van der Waals surface area contributed by atoms with Crippen LogP contribution in [0.2, 0.25) is 0 Å². The third-order valence-electron chi connectivity index (χ3n) is 4.10. The normalized spacial score (nSPS) is 23.7. The number of fused-ring (bicyclic) bond motifs is 2. The Kier molecular flexibility index (Phi) is 4.34. The first-order chi connectivity index (χ1) is 11.3. The molecule has 1 fully saturated rings. The topological polar surface area (TPSA) is 38.8 Å². The highest BCUT2D eigenvalue weighted by atomic mass is 19.2. The molecule has 0 aliphatic carbocycles. The fourth-order valence-electron chi connectivity index (χ4n) is 3.15. The quantitative estimate of drug-likeness (QED) is 0.783.